The van der Waals surface area contributed by atoms with Crippen molar-refractivity contribution < 1.29 is 28.5 Å². The van der Waals surface area contributed by atoms with Crippen molar-refractivity contribution in [2.45, 2.75) is 32.3 Å². The van der Waals surface area contributed by atoms with Crippen LogP contribution in [-0.2, 0) is 9.53 Å². The Morgan fingerprint density at radius 2 is 1.11 bits per heavy atom. The molecule has 0 saturated carbocycles. The molecule has 2 aromatic rings. The van der Waals surface area contributed by atoms with Gasteiger partial charge >= 0.3 is 5.97 Å². The van der Waals surface area contributed by atoms with Crippen molar-refractivity contribution >= 4 is 5.97 Å². The van der Waals surface area contributed by atoms with Crippen molar-refractivity contribution in [3.8, 4) is 23.0 Å². The van der Waals surface area contributed by atoms with Gasteiger partial charge in [-0.3, -0.25) is 4.79 Å². The Kier molecular flexibility index (Phi) is 7.55. The molecule has 0 spiro atoms. The Balaban J connectivity index is 2.62. The largest absolute Gasteiger partial charge is 0.497 e. The summed E-state index contributed by atoms with van der Waals surface area (Å²) in [4.78, 5) is 12.0. The second-order valence-electron chi connectivity index (χ2n) is 6.32. The molecule has 0 aliphatic rings. The smallest absolute Gasteiger partial charge is 0.305 e. The van der Waals surface area contributed by atoms with Crippen molar-refractivity contribution in [1.29, 1.82) is 0 Å². The fraction of sp³-hybridized carbons (Fsp3) is 0.409. The minimum absolute atomic E-state index is 0.262. The number of rotatable bonds is 9. The van der Waals surface area contributed by atoms with Crippen LogP contribution in [0.15, 0.2) is 36.4 Å². The molecule has 6 nitrogen and oxygen atoms in total. The maximum Gasteiger partial charge on any atom is 0.305 e. The summed E-state index contributed by atoms with van der Waals surface area (Å²) in [6.45, 7) is 3.64. The molecule has 152 valence electrons. The van der Waals surface area contributed by atoms with Gasteiger partial charge in [0.1, 0.15) is 29.1 Å². The van der Waals surface area contributed by atoms with Gasteiger partial charge in [0.2, 0.25) is 0 Å². The van der Waals surface area contributed by atoms with E-state index in [4.69, 9.17) is 23.7 Å². The lowest BCUT2D eigenvalue weighted by molar-refractivity contribution is -0.148. The van der Waals surface area contributed by atoms with Crippen molar-refractivity contribution in [3.05, 3.63) is 47.5 Å². The van der Waals surface area contributed by atoms with Crippen molar-refractivity contribution in [2.75, 3.05) is 28.4 Å². The highest BCUT2D eigenvalue weighted by Crippen LogP contribution is 2.38. The summed E-state index contributed by atoms with van der Waals surface area (Å²) >= 11 is 0. The average Bonchev–Trinajstić information content (AvgIpc) is 2.72. The van der Waals surface area contributed by atoms with Crippen LogP contribution in [0.4, 0.5) is 0 Å². The molecule has 0 amide bonds. The van der Waals surface area contributed by atoms with Gasteiger partial charge in [0.05, 0.1) is 28.4 Å². The first-order valence-electron chi connectivity index (χ1n) is 9.11. The van der Waals surface area contributed by atoms with E-state index in [9.17, 15) is 4.79 Å². The van der Waals surface area contributed by atoms with E-state index in [2.05, 4.69) is 0 Å². The van der Waals surface area contributed by atoms with E-state index in [1.807, 2.05) is 31.2 Å². The number of hydrogen-bond donors (Lipinski definition) is 0. The normalized spacial score (nSPS) is 11.7. The second kappa shape index (κ2) is 9.88. The first-order chi connectivity index (χ1) is 13.4. The number of hydrogen-bond acceptors (Lipinski definition) is 6. The van der Waals surface area contributed by atoms with E-state index in [-0.39, 0.29) is 11.9 Å². The molecule has 28 heavy (non-hydrogen) atoms. The molecule has 0 aromatic heterocycles. The lowest BCUT2D eigenvalue weighted by Gasteiger charge is -2.26. The molecular weight excluding hydrogens is 360 g/mol. The highest BCUT2D eigenvalue weighted by atomic mass is 16.5. The van der Waals surface area contributed by atoms with Crippen LogP contribution in [0.5, 0.6) is 23.0 Å². The van der Waals surface area contributed by atoms with Crippen molar-refractivity contribution in [1.82, 2.24) is 0 Å². The van der Waals surface area contributed by atoms with Gasteiger partial charge in [0, 0.05) is 24.5 Å². The van der Waals surface area contributed by atoms with Crippen LogP contribution in [0.25, 0.3) is 0 Å². The third-order valence-electron chi connectivity index (χ3n) is 4.54. The Bertz CT molecular complexity index is 702. The maximum atomic E-state index is 12.0. The molecule has 0 saturated heterocycles. The lowest BCUT2D eigenvalue weighted by Crippen LogP contribution is -2.23. The van der Waals surface area contributed by atoms with Crippen molar-refractivity contribution in [3.63, 3.8) is 0 Å². The number of carbonyl (C=O) groups is 1. The summed E-state index contributed by atoms with van der Waals surface area (Å²) in [5.41, 5.74) is 1.78. The van der Waals surface area contributed by atoms with Crippen LogP contribution in [0.3, 0.4) is 0 Å². The van der Waals surface area contributed by atoms with Crippen LogP contribution in [0.2, 0.25) is 0 Å². The third kappa shape index (κ3) is 5.09. The number of benzene rings is 2. The summed E-state index contributed by atoms with van der Waals surface area (Å²) in [5.74, 6) is 2.09. The lowest BCUT2D eigenvalue weighted by atomic mass is 9.86. The topological polar surface area (TPSA) is 63.2 Å². The quantitative estimate of drug-likeness (QED) is 0.600. The number of ether oxygens (including phenoxy) is 5. The number of carbonyl (C=O) groups excluding carboxylic acids is 1. The predicted octanol–water partition coefficient (Wildman–Crippen LogP) is 4.19. The summed E-state index contributed by atoms with van der Waals surface area (Å²) in [6, 6.07) is 11.3. The highest BCUT2D eigenvalue weighted by Gasteiger charge is 2.27. The molecule has 0 aliphatic carbocycles. The molecule has 0 fully saturated rings. The summed E-state index contributed by atoms with van der Waals surface area (Å²) in [5, 5.41) is 0. The molecule has 0 radical (unpaired) electrons. The van der Waals surface area contributed by atoms with Gasteiger partial charge in [0.25, 0.3) is 0 Å². The van der Waals surface area contributed by atoms with Gasteiger partial charge in [-0.1, -0.05) is 6.92 Å². The van der Waals surface area contributed by atoms with Crippen LogP contribution in [-0.4, -0.2) is 40.5 Å². The Morgan fingerprint density at radius 1 is 0.750 bits per heavy atom. The van der Waals surface area contributed by atoms with Crippen LogP contribution in [0, 0.1) is 0 Å². The summed E-state index contributed by atoms with van der Waals surface area (Å²) in [6.07, 6.45) is -0.124. The fourth-order valence-corrected chi connectivity index (χ4v) is 3.11. The molecule has 1 unspecified atom stereocenters. The van der Waals surface area contributed by atoms with E-state index in [0.717, 1.165) is 11.1 Å². The van der Waals surface area contributed by atoms with Gasteiger partial charge in [-0.05, 0) is 42.3 Å². The minimum Gasteiger partial charge on any atom is -0.497 e. The van der Waals surface area contributed by atoms with Crippen LogP contribution >= 0.6 is 0 Å². The molecule has 6 heteroatoms. The molecule has 0 bridgehead atoms. The zero-order valence-electron chi connectivity index (χ0n) is 17.3. The van der Waals surface area contributed by atoms with Gasteiger partial charge in [-0.15, -0.1) is 0 Å². The van der Waals surface area contributed by atoms with Gasteiger partial charge < -0.3 is 23.7 Å². The van der Waals surface area contributed by atoms with E-state index in [1.165, 1.54) is 0 Å². The molecular formula is C22H28O6. The molecule has 2 rings (SSSR count). The van der Waals surface area contributed by atoms with Crippen molar-refractivity contribution in [2.24, 2.45) is 0 Å². The predicted molar refractivity (Wildman–Crippen MR) is 107 cm³/mol. The fourth-order valence-electron chi connectivity index (χ4n) is 3.11. The number of methoxy groups -OCH3 is 4. The van der Waals surface area contributed by atoms with Gasteiger partial charge in [-0.2, -0.15) is 0 Å². The monoisotopic (exact) mass is 388 g/mol. The summed E-state index contributed by atoms with van der Waals surface area (Å²) in [7, 11) is 6.40. The van der Waals surface area contributed by atoms with Gasteiger partial charge in [-0.25, -0.2) is 0 Å². The summed E-state index contributed by atoms with van der Waals surface area (Å²) < 4.78 is 27.3. The van der Waals surface area contributed by atoms with Crippen LogP contribution in [0.1, 0.15) is 37.3 Å². The molecule has 0 N–H and O–H groups in total. The minimum atomic E-state index is -0.430. The van der Waals surface area contributed by atoms with E-state index in [0.29, 0.717) is 29.4 Å². The highest BCUT2D eigenvalue weighted by molar-refractivity contribution is 5.69. The number of esters is 1. The molecule has 2 aromatic carbocycles. The van der Waals surface area contributed by atoms with E-state index >= 15 is 0 Å². The van der Waals surface area contributed by atoms with E-state index in [1.54, 1.807) is 47.5 Å². The standard InChI is InChI=1S/C22H28O6/c1-7-21(23)28-14(2)22(15-8-17(24-3)12-18(9-15)25-4)16-10-19(26-5)13-20(11-16)27-6/h8-14,22H,7H2,1-6H3. The first kappa shape index (κ1) is 21.4. The third-order valence-corrected chi connectivity index (χ3v) is 4.54. The zero-order valence-corrected chi connectivity index (χ0v) is 17.3. The SMILES string of the molecule is CCC(=O)OC(C)C(c1cc(OC)cc(OC)c1)c1cc(OC)cc(OC)c1. The molecule has 0 heterocycles. The second-order valence-corrected chi connectivity index (χ2v) is 6.32. The molecule has 0 aliphatic heterocycles. The average molecular weight is 388 g/mol. The zero-order chi connectivity index (χ0) is 20.7. The molecule has 1 atom stereocenters. The van der Waals surface area contributed by atoms with Crippen LogP contribution < -0.4 is 18.9 Å². The Morgan fingerprint density at radius 3 is 1.39 bits per heavy atom. The Labute approximate surface area is 166 Å². The maximum absolute atomic E-state index is 12.0. The Hall–Kier alpha value is -2.89. The van der Waals surface area contributed by atoms with Gasteiger partial charge in [0.15, 0.2) is 0 Å². The van der Waals surface area contributed by atoms with E-state index < -0.39 is 6.10 Å². The first-order valence-corrected chi connectivity index (χ1v) is 9.11.